The van der Waals surface area contributed by atoms with Crippen LogP contribution in [0.2, 0.25) is 0 Å². The van der Waals surface area contributed by atoms with Crippen LogP contribution in [0.15, 0.2) is 42.5 Å². The maximum Gasteiger partial charge on any atom is 0.335 e. The molecule has 5 heteroatoms. The third-order valence-corrected chi connectivity index (χ3v) is 8.92. The van der Waals surface area contributed by atoms with Gasteiger partial charge in [-0.15, -0.1) is 0 Å². The lowest BCUT2D eigenvalue weighted by Crippen LogP contribution is -2.13. The highest BCUT2D eigenvalue weighted by atomic mass is 16.4. The Kier molecular flexibility index (Phi) is 32.6. The Balaban J connectivity index is 0.00000191. The molecule has 1 aromatic carbocycles. The van der Waals surface area contributed by atoms with Gasteiger partial charge in [-0.2, -0.15) is 0 Å². The molecular weight excluding hydrogens is 572 g/mol. The van der Waals surface area contributed by atoms with Crippen LogP contribution in [0, 0.1) is 5.92 Å². The standard InChI is InChI=1S/C34H66O3.C7H6O2/c1-3-5-7-9-10-11-12-13-14-15-16-18-21-24-28-32(34(36)37)29-25-22-19-17-20-23-27-31-33(35)30-26-8-6-4-2;8-7(9)6-4-2-1-3-5-6/h23,27,32-33,35H,3-22,24-26,28-31H2,1-2H3,(H,36,37);1-5H,(H,8,9)/b27-23-;. The lowest BCUT2D eigenvalue weighted by molar-refractivity contribution is -0.142. The Hall–Kier alpha value is -2.14. The Bertz CT molecular complexity index is 821. The van der Waals surface area contributed by atoms with E-state index in [0.717, 1.165) is 57.8 Å². The number of aliphatic carboxylic acids is 1. The number of allylic oxidation sites excluding steroid dienone is 1. The summed E-state index contributed by atoms with van der Waals surface area (Å²) in [5, 5.41) is 28.0. The molecule has 46 heavy (non-hydrogen) atoms. The molecule has 0 spiro atoms. The molecule has 5 nitrogen and oxygen atoms in total. The highest BCUT2D eigenvalue weighted by Crippen LogP contribution is 2.20. The number of aliphatic hydroxyl groups excluding tert-OH is 1. The molecule has 0 aliphatic heterocycles. The summed E-state index contributed by atoms with van der Waals surface area (Å²) in [6.45, 7) is 4.49. The average molecular weight is 645 g/mol. The number of aromatic carboxylic acids is 1. The van der Waals surface area contributed by atoms with Gasteiger partial charge in [0, 0.05) is 0 Å². The van der Waals surface area contributed by atoms with E-state index in [0.29, 0.717) is 5.56 Å². The van der Waals surface area contributed by atoms with Crippen LogP contribution < -0.4 is 0 Å². The fourth-order valence-electron chi connectivity index (χ4n) is 5.86. The van der Waals surface area contributed by atoms with Gasteiger partial charge in [0.1, 0.15) is 0 Å². The maximum absolute atomic E-state index is 11.6. The average Bonchev–Trinajstić information content (AvgIpc) is 3.05. The molecule has 2 unspecified atom stereocenters. The van der Waals surface area contributed by atoms with Crippen molar-refractivity contribution in [1.29, 1.82) is 0 Å². The van der Waals surface area contributed by atoms with Crippen molar-refractivity contribution < 1.29 is 24.9 Å². The third kappa shape index (κ3) is 30.5. The molecular formula is C41H72O5. The molecule has 0 saturated heterocycles. The first-order valence-corrected chi connectivity index (χ1v) is 19.3. The van der Waals surface area contributed by atoms with Gasteiger partial charge >= 0.3 is 11.9 Å². The summed E-state index contributed by atoms with van der Waals surface area (Å²) >= 11 is 0. The number of carboxylic acids is 2. The number of hydrogen-bond acceptors (Lipinski definition) is 3. The van der Waals surface area contributed by atoms with Gasteiger partial charge in [-0.1, -0.05) is 179 Å². The zero-order valence-corrected chi connectivity index (χ0v) is 29.9. The number of aliphatic hydroxyl groups is 1. The molecule has 0 aliphatic carbocycles. The van der Waals surface area contributed by atoms with E-state index in [9.17, 15) is 19.8 Å². The van der Waals surface area contributed by atoms with E-state index < -0.39 is 11.9 Å². The first-order chi connectivity index (χ1) is 22.4. The van der Waals surface area contributed by atoms with Gasteiger partial charge in [0.05, 0.1) is 17.6 Å². The van der Waals surface area contributed by atoms with Crippen LogP contribution in [0.25, 0.3) is 0 Å². The molecule has 1 aromatic rings. The van der Waals surface area contributed by atoms with E-state index in [1.54, 1.807) is 30.3 Å². The SMILES string of the molecule is CCCCCCCCCCCCCCCCC(CCCCCC/C=C\CC(O)CCCCCC)C(=O)O.O=C(O)c1ccccc1. The molecule has 3 N–H and O–H groups in total. The van der Waals surface area contributed by atoms with Crippen molar-refractivity contribution in [3.05, 3.63) is 48.0 Å². The number of benzene rings is 1. The van der Waals surface area contributed by atoms with E-state index >= 15 is 0 Å². The van der Waals surface area contributed by atoms with Crippen molar-refractivity contribution in [3.63, 3.8) is 0 Å². The summed E-state index contributed by atoms with van der Waals surface area (Å²) in [5.74, 6) is -1.61. The van der Waals surface area contributed by atoms with Gasteiger partial charge in [-0.3, -0.25) is 4.79 Å². The van der Waals surface area contributed by atoms with E-state index in [-0.39, 0.29) is 12.0 Å². The molecule has 0 amide bonds. The maximum atomic E-state index is 11.6. The fourth-order valence-corrected chi connectivity index (χ4v) is 5.86. The molecule has 0 radical (unpaired) electrons. The van der Waals surface area contributed by atoms with Crippen molar-refractivity contribution >= 4 is 11.9 Å². The van der Waals surface area contributed by atoms with Crippen LogP contribution in [0.4, 0.5) is 0 Å². The van der Waals surface area contributed by atoms with Gasteiger partial charge in [-0.05, 0) is 50.7 Å². The normalized spacial score (nSPS) is 12.5. The number of carboxylic acid groups (broad SMARTS) is 2. The third-order valence-electron chi connectivity index (χ3n) is 8.92. The van der Waals surface area contributed by atoms with Crippen molar-refractivity contribution in [2.75, 3.05) is 0 Å². The second-order valence-electron chi connectivity index (χ2n) is 13.3. The predicted octanol–water partition coefficient (Wildman–Crippen LogP) is 12.6. The van der Waals surface area contributed by atoms with E-state index in [1.807, 2.05) is 0 Å². The summed E-state index contributed by atoms with van der Waals surface area (Å²) in [4.78, 5) is 21.8. The van der Waals surface area contributed by atoms with Crippen LogP contribution in [0.5, 0.6) is 0 Å². The van der Waals surface area contributed by atoms with Crippen molar-refractivity contribution in [2.24, 2.45) is 5.92 Å². The zero-order chi connectivity index (χ0) is 33.9. The minimum Gasteiger partial charge on any atom is -0.481 e. The Morgan fingerprint density at radius 2 is 0.978 bits per heavy atom. The van der Waals surface area contributed by atoms with Crippen LogP contribution in [0.3, 0.4) is 0 Å². The monoisotopic (exact) mass is 645 g/mol. The molecule has 0 heterocycles. The lowest BCUT2D eigenvalue weighted by Gasteiger charge is -2.12. The summed E-state index contributed by atoms with van der Waals surface area (Å²) in [7, 11) is 0. The minimum atomic E-state index is -0.879. The van der Waals surface area contributed by atoms with Crippen molar-refractivity contribution in [3.8, 4) is 0 Å². The first kappa shape index (κ1) is 43.9. The highest BCUT2D eigenvalue weighted by molar-refractivity contribution is 5.87. The first-order valence-electron chi connectivity index (χ1n) is 19.3. The van der Waals surface area contributed by atoms with E-state index in [4.69, 9.17) is 5.11 Å². The van der Waals surface area contributed by atoms with Gasteiger partial charge in [0.2, 0.25) is 0 Å². The van der Waals surface area contributed by atoms with Gasteiger partial charge in [0.15, 0.2) is 0 Å². The Morgan fingerprint density at radius 1 is 0.565 bits per heavy atom. The summed E-state index contributed by atoms with van der Waals surface area (Å²) in [6, 6.07) is 8.30. The molecule has 0 aliphatic rings. The quantitative estimate of drug-likeness (QED) is 0.0552. The molecule has 0 saturated carbocycles. The van der Waals surface area contributed by atoms with Gasteiger partial charge in [0.25, 0.3) is 0 Å². The summed E-state index contributed by atoms with van der Waals surface area (Å²) in [5.41, 5.74) is 0.331. The molecule has 266 valence electrons. The Labute approximate surface area is 283 Å². The Morgan fingerprint density at radius 3 is 1.41 bits per heavy atom. The van der Waals surface area contributed by atoms with Gasteiger partial charge < -0.3 is 15.3 Å². The summed E-state index contributed by atoms with van der Waals surface area (Å²) < 4.78 is 0. The number of rotatable bonds is 31. The second kappa shape index (κ2) is 34.2. The fraction of sp³-hybridized carbons (Fsp3) is 0.756. The molecule has 0 aromatic heterocycles. The number of hydrogen-bond donors (Lipinski definition) is 3. The smallest absolute Gasteiger partial charge is 0.335 e. The minimum absolute atomic E-state index is 0.143. The topological polar surface area (TPSA) is 94.8 Å². The second-order valence-corrected chi connectivity index (χ2v) is 13.3. The largest absolute Gasteiger partial charge is 0.481 e. The van der Waals surface area contributed by atoms with Crippen molar-refractivity contribution in [1.82, 2.24) is 0 Å². The van der Waals surface area contributed by atoms with E-state index in [2.05, 4.69) is 26.0 Å². The van der Waals surface area contributed by atoms with Crippen LogP contribution in [-0.2, 0) is 4.79 Å². The summed E-state index contributed by atoms with van der Waals surface area (Å²) in [6.07, 6.45) is 36.9. The zero-order valence-electron chi connectivity index (χ0n) is 29.9. The number of carbonyl (C=O) groups is 2. The predicted molar refractivity (Wildman–Crippen MR) is 196 cm³/mol. The number of unbranched alkanes of at least 4 members (excludes halogenated alkanes) is 20. The van der Waals surface area contributed by atoms with Crippen LogP contribution in [-0.4, -0.2) is 33.4 Å². The van der Waals surface area contributed by atoms with Crippen molar-refractivity contribution in [2.45, 2.75) is 193 Å². The van der Waals surface area contributed by atoms with Crippen LogP contribution in [0.1, 0.15) is 198 Å². The molecule has 0 fully saturated rings. The highest BCUT2D eigenvalue weighted by Gasteiger charge is 2.16. The lowest BCUT2D eigenvalue weighted by atomic mass is 9.94. The molecule has 2 atom stereocenters. The van der Waals surface area contributed by atoms with E-state index in [1.165, 1.54) is 116 Å². The molecule has 0 bridgehead atoms. The van der Waals surface area contributed by atoms with Crippen LogP contribution >= 0.6 is 0 Å². The molecule has 1 rings (SSSR count). The van der Waals surface area contributed by atoms with Gasteiger partial charge in [-0.25, -0.2) is 4.79 Å².